The Labute approximate surface area is 124 Å². The molecule has 0 atom stereocenters. The van der Waals surface area contributed by atoms with Gasteiger partial charge < -0.3 is 10.5 Å². The molecule has 1 aliphatic rings. The smallest absolute Gasteiger partial charge is 0.416 e. The number of benzene rings is 1. The number of allylic oxidation sites excluding steroid dienone is 6. The van der Waals surface area contributed by atoms with E-state index >= 15 is 0 Å². The maximum atomic E-state index is 13.4. The molecule has 116 valence electrons. The second kappa shape index (κ2) is 6.51. The van der Waals surface area contributed by atoms with Crippen molar-refractivity contribution in [2.45, 2.75) is 12.8 Å². The third-order valence-electron chi connectivity index (χ3n) is 2.85. The van der Waals surface area contributed by atoms with Crippen LogP contribution in [0.4, 0.5) is 17.6 Å². The third kappa shape index (κ3) is 4.25. The van der Waals surface area contributed by atoms with E-state index in [1.165, 1.54) is 6.08 Å². The molecule has 0 aromatic heterocycles. The largest absolute Gasteiger partial charge is 0.487 e. The second-order valence-corrected chi connectivity index (χ2v) is 4.55. The highest BCUT2D eigenvalue weighted by Crippen LogP contribution is 2.30. The van der Waals surface area contributed by atoms with Crippen LogP contribution >= 0.6 is 0 Å². The number of alkyl halides is 3. The molecule has 0 fully saturated rings. The van der Waals surface area contributed by atoms with Gasteiger partial charge in [-0.25, -0.2) is 4.39 Å². The number of hydrogen-bond donors (Lipinski definition) is 1. The number of rotatable bonds is 3. The Hall–Kier alpha value is -2.50. The summed E-state index contributed by atoms with van der Waals surface area (Å²) in [6.45, 7) is 0.113. The van der Waals surface area contributed by atoms with Gasteiger partial charge in [0.25, 0.3) is 0 Å². The van der Waals surface area contributed by atoms with Gasteiger partial charge in [-0.1, -0.05) is 30.3 Å². The summed E-state index contributed by atoms with van der Waals surface area (Å²) >= 11 is 0. The summed E-state index contributed by atoms with van der Waals surface area (Å²) in [5, 5.41) is 0. The summed E-state index contributed by atoms with van der Waals surface area (Å²) in [5.41, 5.74) is 5.04. The highest BCUT2D eigenvalue weighted by atomic mass is 19.4. The van der Waals surface area contributed by atoms with Crippen LogP contribution in [0.25, 0.3) is 0 Å². The Morgan fingerprint density at radius 3 is 2.32 bits per heavy atom. The summed E-state index contributed by atoms with van der Waals surface area (Å²) in [7, 11) is 0. The van der Waals surface area contributed by atoms with E-state index in [-0.39, 0.29) is 18.1 Å². The molecule has 0 bridgehead atoms. The number of halogens is 4. The molecule has 0 unspecified atom stereocenters. The standard InChI is InChI=1S/C16H13F4NO/c17-13-6-7-15(22-10-11-4-2-1-3-5-11)14(21)9-12(8-13)16(18,19)20/h1-9H,10,21H2. The van der Waals surface area contributed by atoms with Crippen LogP contribution in [-0.2, 0) is 11.3 Å². The average molecular weight is 311 g/mol. The maximum absolute atomic E-state index is 13.4. The van der Waals surface area contributed by atoms with E-state index < -0.39 is 17.6 Å². The Kier molecular flexibility index (Phi) is 4.70. The van der Waals surface area contributed by atoms with Crippen LogP contribution in [0.5, 0.6) is 0 Å². The monoisotopic (exact) mass is 311 g/mol. The normalized spacial score (nSPS) is 15.8. The first-order chi connectivity index (χ1) is 10.4. The zero-order chi connectivity index (χ0) is 16.2. The van der Waals surface area contributed by atoms with Gasteiger partial charge in [-0.2, -0.15) is 13.2 Å². The lowest BCUT2D eigenvalue weighted by atomic mass is 10.1. The van der Waals surface area contributed by atoms with Crippen molar-refractivity contribution in [3.63, 3.8) is 0 Å². The van der Waals surface area contributed by atoms with E-state index in [4.69, 9.17) is 10.5 Å². The van der Waals surface area contributed by atoms with Gasteiger partial charge in [-0.3, -0.25) is 0 Å². The lowest BCUT2D eigenvalue weighted by molar-refractivity contribution is -0.0884. The topological polar surface area (TPSA) is 35.2 Å². The molecule has 2 rings (SSSR count). The molecule has 1 aromatic carbocycles. The molecule has 0 amide bonds. The Morgan fingerprint density at radius 1 is 1.00 bits per heavy atom. The summed E-state index contributed by atoms with van der Waals surface area (Å²) in [4.78, 5) is 0. The zero-order valence-electron chi connectivity index (χ0n) is 11.4. The fourth-order valence-electron chi connectivity index (χ4n) is 1.76. The second-order valence-electron chi connectivity index (χ2n) is 4.55. The SMILES string of the molecule is NC1=CC(C(F)(F)F)=CC(F)=CC=C1OCc1ccccc1. The molecular formula is C16H13F4NO. The molecule has 0 radical (unpaired) electrons. The van der Waals surface area contributed by atoms with Gasteiger partial charge in [0.05, 0.1) is 11.3 Å². The molecule has 0 aliphatic heterocycles. The molecule has 1 aliphatic carbocycles. The van der Waals surface area contributed by atoms with Crippen LogP contribution in [0.3, 0.4) is 0 Å². The predicted molar refractivity (Wildman–Crippen MR) is 74.9 cm³/mol. The fourth-order valence-corrected chi connectivity index (χ4v) is 1.76. The first-order valence-corrected chi connectivity index (χ1v) is 6.37. The van der Waals surface area contributed by atoms with Crippen molar-refractivity contribution in [3.05, 3.63) is 83.1 Å². The third-order valence-corrected chi connectivity index (χ3v) is 2.85. The predicted octanol–water partition coefficient (Wildman–Crippen LogP) is 4.29. The summed E-state index contributed by atoms with van der Waals surface area (Å²) in [6.07, 6.45) is -1.57. The molecular weight excluding hydrogens is 298 g/mol. The minimum atomic E-state index is -4.70. The number of nitrogens with two attached hydrogens (primary N) is 1. The van der Waals surface area contributed by atoms with Crippen molar-refractivity contribution in [1.82, 2.24) is 0 Å². The van der Waals surface area contributed by atoms with Crippen LogP contribution in [0.15, 0.2) is 77.5 Å². The highest BCUT2D eigenvalue weighted by molar-refractivity contribution is 5.42. The molecule has 6 heteroatoms. The molecule has 1 aromatic rings. The van der Waals surface area contributed by atoms with Crippen LogP contribution in [0, 0.1) is 0 Å². The first kappa shape index (κ1) is 15.9. The van der Waals surface area contributed by atoms with E-state index in [1.807, 2.05) is 6.07 Å². The van der Waals surface area contributed by atoms with Crippen molar-refractivity contribution in [2.75, 3.05) is 0 Å². The van der Waals surface area contributed by atoms with Crippen molar-refractivity contribution in [1.29, 1.82) is 0 Å². The Bertz CT molecular complexity index is 654. The van der Waals surface area contributed by atoms with Crippen molar-refractivity contribution >= 4 is 0 Å². The summed E-state index contributed by atoms with van der Waals surface area (Å²) < 4.78 is 57.0. The molecule has 0 saturated carbocycles. The summed E-state index contributed by atoms with van der Waals surface area (Å²) in [6, 6.07) is 9.01. The minimum absolute atomic E-state index is 0.0196. The van der Waals surface area contributed by atoms with Crippen molar-refractivity contribution in [2.24, 2.45) is 5.73 Å². The van der Waals surface area contributed by atoms with Gasteiger partial charge in [-0.15, -0.1) is 0 Å². The minimum Gasteiger partial charge on any atom is -0.487 e. The van der Waals surface area contributed by atoms with Crippen molar-refractivity contribution < 1.29 is 22.3 Å². The average Bonchev–Trinajstić information content (AvgIpc) is 2.45. The van der Waals surface area contributed by atoms with E-state index in [1.54, 1.807) is 24.3 Å². The molecule has 0 spiro atoms. The van der Waals surface area contributed by atoms with Crippen LogP contribution in [0.1, 0.15) is 5.56 Å². The van der Waals surface area contributed by atoms with E-state index in [0.717, 1.165) is 11.6 Å². The molecule has 0 saturated heterocycles. The van der Waals surface area contributed by atoms with Gasteiger partial charge in [0.1, 0.15) is 18.2 Å². The molecule has 0 heterocycles. The quantitative estimate of drug-likeness (QED) is 0.845. The number of ether oxygens (including phenoxy) is 1. The van der Waals surface area contributed by atoms with E-state index in [9.17, 15) is 17.6 Å². The first-order valence-electron chi connectivity index (χ1n) is 6.37. The van der Waals surface area contributed by atoms with Gasteiger partial charge in [0.2, 0.25) is 0 Å². The van der Waals surface area contributed by atoms with Gasteiger partial charge in [0, 0.05) is 0 Å². The van der Waals surface area contributed by atoms with Gasteiger partial charge in [0.15, 0.2) is 0 Å². The fraction of sp³-hybridized carbons (Fsp3) is 0.125. The molecule has 2 N–H and O–H groups in total. The molecule has 22 heavy (non-hydrogen) atoms. The lowest BCUT2D eigenvalue weighted by Crippen LogP contribution is -2.14. The number of hydrogen-bond acceptors (Lipinski definition) is 2. The lowest BCUT2D eigenvalue weighted by Gasteiger charge is -2.14. The van der Waals surface area contributed by atoms with Gasteiger partial charge in [-0.05, 0) is 29.9 Å². The highest BCUT2D eigenvalue weighted by Gasteiger charge is 2.33. The Morgan fingerprint density at radius 2 is 1.68 bits per heavy atom. The van der Waals surface area contributed by atoms with Crippen LogP contribution < -0.4 is 5.73 Å². The summed E-state index contributed by atoms with van der Waals surface area (Å²) in [5.74, 6) is -1.05. The zero-order valence-corrected chi connectivity index (χ0v) is 11.4. The van der Waals surface area contributed by atoms with Gasteiger partial charge >= 0.3 is 6.18 Å². The van der Waals surface area contributed by atoms with Crippen LogP contribution in [-0.4, -0.2) is 6.18 Å². The Balaban J connectivity index is 2.21. The van der Waals surface area contributed by atoms with E-state index in [0.29, 0.717) is 12.2 Å². The van der Waals surface area contributed by atoms with E-state index in [2.05, 4.69) is 0 Å². The van der Waals surface area contributed by atoms with Crippen LogP contribution in [0.2, 0.25) is 0 Å². The molecule has 2 nitrogen and oxygen atoms in total. The maximum Gasteiger partial charge on any atom is 0.416 e. The van der Waals surface area contributed by atoms with Crippen molar-refractivity contribution in [3.8, 4) is 0 Å².